The second-order valence-corrected chi connectivity index (χ2v) is 6.42. The molecular formula is C18H15BrN2O4. The number of ether oxygens (including phenoxy) is 1. The van der Waals surface area contributed by atoms with Crippen LogP contribution in [-0.4, -0.2) is 36.0 Å². The number of hydrogen-bond donors (Lipinski definition) is 1. The van der Waals surface area contributed by atoms with Gasteiger partial charge in [-0.3, -0.25) is 9.59 Å². The molecule has 1 N–H and O–H groups in total. The topological polar surface area (TPSA) is 75.7 Å². The first-order chi connectivity index (χ1) is 12.0. The van der Waals surface area contributed by atoms with Crippen LogP contribution in [0.4, 0.5) is 4.79 Å². The molecule has 7 heteroatoms. The highest BCUT2D eigenvalue weighted by molar-refractivity contribution is 9.10. The lowest BCUT2D eigenvalue weighted by molar-refractivity contribution is -0.126. The summed E-state index contributed by atoms with van der Waals surface area (Å²) in [6.07, 6.45) is -0.691. The second kappa shape index (κ2) is 7.48. The average molecular weight is 403 g/mol. The second-order valence-electron chi connectivity index (χ2n) is 5.50. The van der Waals surface area contributed by atoms with E-state index in [9.17, 15) is 14.4 Å². The molecule has 1 unspecified atom stereocenters. The van der Waals surface area contributed by atoms with E-state index in [1.165, 1.54) is 0 Å². The molecule has 0 saturated carbocycles. The molecule has 1 aliphatic rings. The van der Waals surface area contributed by atoms with Crippen molar-refractivity contribution in [3.05, 3.63) is 70.2 Å². The fraction of sp³-hybridized carbons (Fsp3) is 0.167. The largest absolute Gasteiger partial charge is 0.439 e. The van der Waals surface area contributed by atoms with Crippen LogP contribution in [0.2, 0.25) is 0 Å². The zero-order chi connectivity index (χ0) is 17.8. The molecule has 25 heavy (non-hydrogen) atoms. The van der Waals surface area contributed by atoms with Crippen LogP contribution < -0.4 is 5.32 Å². The lowest BCUT2D eigenvalue weighted by Crippen LogP contribution is -2.40. The van der Waals surface area contributed by atoms with E-state index < -0.39 is 18.0 Å². The quantitative estimate of drug-likeness (QED) is 0.833. The Labute approximate surface area is 152 Å². The van der Waals surface area contributed by atoms with Crippen molar-refractivity contribution in [2.24, 2.45) is 0 Å². The predicted octanol–water partition coefficient (Wildman–Crippen LogP) is 2.90. The van der Waals surface area contributed by atoms with Gasteiger partial charge in [0.1, 0.15) is 0 Å². The number of benzene rings is 2. The van der Waals surface area contributed by atoms with E-state index in [0.717, 1.165) is 14.9 Å². The Balaban J connectivity index is 1.81. The number of cyclic esters (lactones) is 1. The molecule has 2 aromatic carbocycles. The molecule has 0 radical (unpaired) electrons. The first-order valence-corrected chi connectivity index (χ1v) is 8.42. The maximum Gasteiger partial charge on any atom is 0.417 e. The number of hydrogen-bond acceptors (Lipinski definition) is 4. The third-order valence-corrected chi connectivity index (χ3v) is 4.35. The van der Waals surface area contributed by atoms with Crippen molar-refractivity contribution in [1.29, 1.82) is 0 Å². The van der Waals surface area contributed by atoms with Gasteiger partial charge in [0.25, 0.3) is 11.8 Å². The number of halogens is 1. The first kappa shape index (κ1) is 17.2. The zero-order valence-corrected chi connectivity index (χ0v) is 14.7. The molecule has 1 saturated heterocycles. The van der Waals surface area contributed by atoms with Crippen LogP contribution >= 0.6 is 15.9 Å². The third kappa shape index (κ3) is 4.06. The van der Waals surface area contributed by atoms with Crippen molar-refractivity contribution in [3.8, 4) is 0 Å². The van der Waals surface area contributed by atoms with Gasteiger partial charge >= 0.3 is 6.09 Å². The van der Waals surface area contributed by atoms with Crippen molar-refractivity contribution >= 4 is 33.8 Å². The summed E-state index contributed by atoms with van der Waals surface area (Å²) in [5.74, 6) is -0.704. The number of nitrogens with one attached hydrogen (secondary N) is 1. The Morgan fingerprint density at radius 1 is 1.12 bits per heavy atom. The molecular weight excluding hydrogens is 388 g/mol. The number of imide groups is 1. The monoisotopic (exact) mass is 402 g/mol. The van der Waals surface area contributed by atoms with Gasteiger partial charge in [0.05, 0.1) is 12.6 Å². The Morgan fingerprint density at radius 3 is 2.40 bits per heavy atom. The number of carbonyl (C=O) groups is 3. The normalized spacial score (nSPS) is 15.0. The van der Waals surface area contributed by atoms with Crippen LogP contribution in [0.5, 0.6) is 0 Å². The minimum atomic E-state index is -0.691. The summed E-state index contributed by atoms with van der Waals surface area (Å²) in [5, 5.41) is 2.88. The van der Waals surface area contributed by atoms with Gasteiger partial charge in [-0.25, -0.2) is 9.69 Å². The van der Waals surface area contributed by atoms with E-state index in [4.69, 9.17) is 4.74 Å². The van der Waals surface area contributed by atoms with Crippen LogP contribution in [0.3, 0.4) is 0 Å². The minimum Gasteiger partial charge on any atom is -0.439 e. The number of carbonyl (C=O) groups excluding carboxylic acids is 3. The SMILES string of the molecule is O=C(NC(CN1C(=O)COC1=O)c1ccccc1)c1ccc(Br)cc1. The van der Waals surface area contributed by atoms with Gasteiger partial charge in [0, 0.05) is 10.0 Å². The average Bonchev–Trinajstić information content (AvgIpc) is 2.94. The molecule has 128 valence electrons. The molecule has 0 aliphatic carbocycles. The molecule has 1 aliphatic heterocycles. The van der Waals surface area contributed by atoms with Gasteiger partial charge in [-0.05, 0) is 29.8 Å². The maximum atomic E-state index is 12.5. The Kier molecular flexibility index (Phi) is 5.14. The van der Waals surface area contributed by atoms with Gasteiger partial charge in [-0.2, -0.15) is 0 Å². The van der Waals surface area contributed by atoms with Crippen molar-refractivity contribution in [3.63, 3.8) is 0 Å². The molecule has 3 amide bonds. The van der Waals surface area contributed by atoms with Crippen molar-refractivity contribution in [1.82, 2.24) is 10.2 Å². The molecule has 0 aromatic heterocycles. The smallest absolute Gasteiger partial charge is 0.417 e. The van der Waals surface area contributed by atoms with Gasteiger partial charge in [-0.1, -0.05) is 46.3 Å². The van der Waals surface area contributed by atoms with E-state index in [2.05, 4.69) is 21.2 Å². The maximum absolute atomic E-state index is 12.5. The summed E-state index contributed by atoms with van der Waals surface area (Å²) in [5.41, 5.74) is 1.28. The molecule has 2 aromatic rings. The number of amides is 3. The highest BCUT2D eigenvalue weighted by atomic mass is 79.9. The summed E-state index contributed by atoms with van der Waals surface area (Å²) in [4.78, 5) is 37.1. The minimum absolute atomic E-state index is 0.0178. The summed E-state index contributed by atoms with van der Waals surface area (Å²) in [7, 11) is 0. The van der Waals surface area contributed by atoms with Crippen LogP contribution in [0.15, 0.2) is 59.1 Å². The number of nitrogens with zero attached hydrogens (tertiary/aromatic N) is 1. The van der Waals surface area contributed by atoms with Crippen LogP contribution in [0.1, 0.15) is 22.0 Å². The Hall–Kier alpha value is -2.67. The highest BCUT2D eigenvalue weighted by Gasteiger charge is 2.33. The van der Waals surface area contributed by atoms with Crippen LogP contribution in [0, 0.1) is 0 Å². The molecule has 6 nitrogen and oxygen atoms in total. The Bertz CT molecular complexity index is 776. The molecule has 3 rings (SSSR count). The lowest BCUT2D eigenvalue weighted by atomic mass is 10.1. The summed E-state index contributed by atoms with van der Waals surface area (Å²) < 4.78 is 5.61. The Morgan fingerprint density at radius 2 is 1.80 bits per heavy atom. The standard InChI is InChI=1S/C18H15BrN2O4/c19-14-8-6-13(7-9-14)17(23)20-15(12-4-2-1-3-5-12)10-21-16(22)11-25-18(21)24/h1-9,15H,10-11H2,(H,20,23). The van der Waals surface area contributed by atoms with E-state index in [-0.39, 0.29) is 19.1 Å². The van der Waals surface area contributed by atoms with Crippen molar-refractivity contribution < 1.29 is 19.1 Å². The first-order valence-electron chi connectivity index (χ1n) is 7.63. The van der Waals surface area contributed by atoms with Crippen LogP contribution in [0.25, 0.3) is 0 Å². The van der Waals surface area contributed by atoms with E-state index in [1.54, 1.807) is 24.3 Å². The molecule has 0 bridgehead atoms. The van der Waals surface area contributed by atoms with Crippen LogP contribution in [-0.2, 0) is 9.53 Å². The van der Waals surface area contributed by atoms with E-state index in [0.29, 0.717) is 5.56 Å². The highest BCUT2D eigenvalue weighted by Crippen LogP contribution is 2.18. The predicted molar refractivity (Wildman–Crippen MR) is 93.9 cm³/mol. The molecule has 1 heterocycles. The third-order valence-electron chi connectivity index (χ3n) is 3.82. The molecule has 1 atom stereocenters. The van der Waals surface area contributed by atoms with Gasteiger partial charge in [0.2, 0.25) is 0 Å². The molecule has 0 spiro atoms. The zero-order valence-electron chi connectivity index (χ0n) is 13.1. The van der Waals surface area contributed by atoms with E-state index in [1.807, 2.05) is 30.3 Å². The fourth-order valence-electron chi connectivity index (χ4n) is 2.50. The van der Waals surface area contributed by atoms with E-state index >= 15 is 0 Å². The van der Waals surface area contributed by atoms with Gasteiger partial charge < -0.3 is 10.1 Å². The summed E-state index contributed by atoms with van der Waals surface area (Å²) in [6.45, 7) is -0.245. The molecule has 1 fully saturated rings. The van der Waals surface area contributed by atoms with Crippen molar-refractivity contribution in [2.75, 3.05) is 13.2 Å². The summed E-state index contributed by atoms with van der Waals surface area (Å²) in [6, 6.07) is 15.6. The summed E-state index contributed by atoms with van der Waals surface area (Å²) >= 11 is 3.33. The number of rotatable bonds is 5. The lowest BCUT2D eigenvalue weighted by Gasteiger charge is -2.23. The van der Waals surface area contributed by atoms with Crippen molar-refractivity contribution in [2.45, 2.75) is 6.04 Å². The van der Waals surface area contributed by atoms with Gasteiger partial charge in [-0.15, -0.1) is 0 Å². The van der Waals surface area contributed by atoms with Gasteiger partial charge in [0.15, 0.2) is 6.61 Å². The fourth-order valence-corrected chi connectivity index (χ4v) is 2.77.